The van der Waals surface area contributed by atoms with Gasteiger partial charge in [-0.15, -0.1) is 0 Å². The number of unbranched alkanes of at least 4 members (excludes halogenated alkanes) is 34. The predicted molar refractivity (Wildman–Crippen MR) is 454 cm³/mol. The van der Waals surface area contributed by atoms with Crippen molar-refractivity contribution in [3.8, 4) is 0 Å². The van der Waals surface area contributed by atoms with Crippen LogP contribution in [-0.4, -0.2) is 95.9 Å². The van der Waals surface area contributed by atoms with Crippen LogP contribution in [0.2, 0.25) is 0 Å². The summed E-state index contributed by atoms with van der Waals surface area (Å²) in [6, 6.07) is 0. The molecule has 0 aromatic rings. The van der Waals surface area contributed by atoms with Crippen LogP contribution in [0.15, 0.2) is 146 Å². The van der Waals surface area contributed by atoms with Gasteiger partial charge in [0.2, 0.25) is 0 Å². The number of aliphatic hydroxyl groups excluding tert-OH is 2. The minimum atomic E-state index is -4.94. The zero-order valence-electron chi connectivity index (χ0n) is 68.7. The molecule has 0 fully saturated rings. The Morgan fingerprint density at radius 3 is 0.771 bits per heavy atom. The Labute approximate surface area is 664 Å². The lowest BCUT2D eigenvalue weighted by Gasteiger charge is -2.21. The lowest BCUT2D eigenvalue weighted by atomic mass is 10.0. The molecule has 0 heterocycles. The van der Waals surface area contributed by atoms with Crippen molar-refractivity contribution >= 4 is 33.6 Å². The van der Waals surface area contributed by atoms with Gasteiger partial charge in [0.15, 0.2) is 6.10 Å². The largest absolute Gasteiger partial charge is 0.472 e. The molecule has 0 aliphatic carbocycles. The summed E-state index contributed by atoms with van der Waals surface area (Å²) >= 11 is 0. The molecule has 0 saturated heterocycles. The molecular weight excluding hydrogens is 1410 g/mol. The smallest absolute Gasteiger partial charge is 0.463 e. The van der Waals surface area contributed by atoms with E-state index in [4.69, 9.17) is 32.3 Å². The van der Waals surface area contributed by atoms with E-state index in [1.807, 2.05) is 0 Å². The van der Waals surface area contributed by atoms with Crippen molar-refractivity contribution in [2.24, 2.45) is 0 Å². The minimum Gasteiger partial charge on any atom is -0.463 e. The normalized spacial score (nSPS) is 14.6. The lowest BCUT2D eigenvalue weighted by Crippen LogP contribution is -2.30. The average molecular weight is 1570 g/mol. The highest BCUT2D eigenvalue weighted by molar-refractivity contribution is 7.47. The topological polar surface area (TPSA) is 231 Å². The molecule has 0 bridgehead atoms. The van der Waals surface area contributed by atoms with Crippen molar-refractivity contribution in [3.05, 3.63) is 146 Å². The molecule has 0 aromatic carbocycles. The molecule has 0 aliphatic rings. The average Bonchev–Trinajstić information content (AvgIpc) is 0.900. The third-order valence-corrected chi connectivity index (χ3v) is 19.9. The second-order valence-corrected chi connectivity index (χ2v) is 31.5. The van der Waals surface area contributed by atoms with Gasteiger partial charge in [-0.2, -0.15) is 0 Å². The van der Waals surface area contributed by atoms with Gasteiger partial charge in [-0.1, -0.05) is 334 Å². The zero-order chi connectivity index (χ0) is 79.4. The number of rotatable bonds is 81. The predicted octanol–water partition coefficient (Wildman–Crippen LogP) is 26.0. The van der Waals surface area contributed by atoms with Crippen molar-refractivity contribution in [1.82, 2.24) is 0 Å². The fourth-order valence-corrected chi connectivity index (χ4v) is 13.1. The monoisotopic (exact) mass is 1570 g/mol. The molecule has 626 valence electrons. The van der Waals surface area contributed by atoms with Crippen LogP contribution in [0.25, 0.3) is 0 Å². The third kappa shape index (κ3) is 84.2. The van der Waals surface area contributed by atoms with Crippen LogP contribution in [0, 0.1) is 0 Å². The van der Waals surface area contributed by atoms with Gasteiger partial charge in [-0.05, 0) is 148 Å². The maximum atomic E-state index is 13.0. The third-order valence-electron chi connectivity index (χ3n) is 18.0. The summed E-state index contributed by atoms with van der Waals surface area (Å²) in [6.07, 6.45) is 103. The SMILES string of the molecule is CC/C=C\C/C=C\C/C=C\C/C=C\C/C=C\C/C=C\CCCCCCCCCCCCCCCCCCC(=O)OCC(O)COP(=O)(O)OCC(O)COP(=O)(O)OCC(COC(=O)CCCCCCCC/C=C\C/C=C\C/C=C\CCCCC)OC(=O)CCCCCCCC/C=C\C/C=C\C/C=C\CCCCC. The van der Waals surface area contributed by atoms with E-state index in [2.05, 4.69) is 167 Å². The van der Waals surface area contributed by atoms with E-state index in [0.29, 0.717) is 19.3 Å². The summed E-state index contributed by atoms with van der Waals surface area (Å²) in [4.78, 5) is 58.8. The van der Waals surface area contributed by atoms with Crippen LogP contribution < -0.4 is 0 Å². The van der Waals surface area contributed by atoms with Crippen LogP contribution >= 0.6 is 15.6 Å². The molecule has 0 saturated carbocycles. The van der Waals surface area contributed by atoms with Crippen LogP contribution in [0.3, 0.4) is 0 Å². The van der Waals surface area contributed by atoms with Gasteiger partial charge in [0.1, 0.15) is 25.4 Å². The molecular formula is C91H156O16P2. The molecule has 18 heteroatoms. The van der Waals surface area contributed by atoms with Gasteiger partial charge < -0.3 is 34.2 Å². The number of esters is 3. The number of phosphoric acid groups is 2. The number of allylic oxidation sites excluding steroid dienone is 24. The summed E-state index contributed by atoms with van der Waals surface area (Å²) < 4.78 is 61.3. The van der Waals surface area contributed by atoms with Crippen molar-refractivity contribution in [3.63, 3.8) is 0 Å². The van der Waals surface area contributed by atoms with Crippen LogP contribution in [0.5, 0.6) is 0 Å². The second-order valence-electron chi connectivity index (χ2n) is 28.6. The first kappa shape index (κ1) is 104. The molecule has 0 aromatic heterocycles. The number of phosphoric ester groups is 2. The maximum Gasteiger partial charge on any atom is 0.472 e. The lowest BCUT2D eigenvalue weighted by molar-refractivity contribution is -0.161. The number of hydrogen-bond donors (Lipinski definition) is 4. The first-order valence-electron chi connectivity index (χ1n) is 43.1. The standard InChI is InChI=1S/C91H156O16P2/c1-4-7-10-13-16-19-22-25-28-31-34-35-36-37-38-39-40-41-42-43-44-45-46-47-48-49-52-54-56-59-62-65-68-71-74-77-89(94)101-80-86(92)81-103-108(97,98)104-82-87(93)83-105-109(99,100)106-85-88(107-91(96)79-76-73-70-67-64-61-58-55-51-33-30-27-24-21-18-15-12-9-6-3)84-102-90(95)78-75-72-69-66-63-60-57-53-50-32-29-26-23-20-17-14-11-8-5-2/h7,10,16-21,25-30,34-35,37-38,40-41,50-51,53,55,86-88,92-93H,4-6,8-9,11-15,22-24,31-33,36,39,42-49,52,54,56-85H2,1-3H3,(H,97,98)(H,99,100)/b10-7-,19-16-,20-17-,21-18-,28-25-,29-26-,30-27-,35-34-,38-37-,41-40-,53-50-,55-51-. The summed E-state index contributed by atoms with van der Waals surface area (Å²) in [5.41, 5.74) is 0. The van der Waals surface area contributed by atoms with E-state index in [9.17, 15) is 43.5 Å². The van der Waals surface area contributed by atoms with E-state index < -0.39 is 91.5 Å². The van der Waals surface area contributed by atoms with Gasteiger partial charge in [0.05, 0.1) is 26.4 Å². The molecule has 5 atom stereocenters. The zero-order valence-corrected chi connectivity index (χ0v) is 70.5. The van der Waals surface area contributed by atoms with E-state index in [0.717, 1.165) is 173 Å². The van der Waals surface area contributed by atoms with Crippen LogP contribution in [-0.2, 0) is 55.8 Å². The van der Waals surface area contributed by atoms with E-state index >= 15 is 0 Å². The Hall–Kier alpha value is -4.57. The van der Waals surface area contributed by atoms with Gasteiger partial charge in [-0.25, -0.2) is 9.13 Å². The Balaban J connectivity index is 4.48. The molecule has 0 spiro atoms. The number of ether oxygens (including phenoxy) is 3. The summed E-state index contributed by atoms with van der Waals surface area (Å²) in [5.74, 6) is -1.60. The number of carbonyl (C=O) groups excluding carboxylic acids is 3. The quantitative estimate of drug-likeness (QED) is 0.0146. The number of carbonyl (C=O) groups is 3. The van der Waals surface area contributed by atoms with E-state index in [1.165, 1.54) is 122 Å². The van der Waals surface area contributed by atoms with Gasteiger partial charge in [0.25, 0.3) is 0 Å². The molecule has 16 nitrogen and oxygen atoms in total. The molecule has 4 N–H and O–H groups in total. The van der Waals surface area contributed by atoms with Gasteiger partial charge in [-0.3, -0.25) is 32.5 Å². The summed E-state index contributed by atoms with van der Waals surface area (Å²) in [6.45, 7) is 2.51. The van der Waals surface area contributed by atoms with Gasteiger partial charge >= 0.3 is 33.6 Å². The molecule has 0 rings (SSSR count). The highest BCUT2D eigenvalue weighted by Gasteiger charge is 2.29. The summed E-state index contributed by atoms with van der Waals surface area (Å²) in [5, 5.41) is 20.7. The second kappa shape index (κ2) is 82.9. The van der Waals surface area contributed by atoms with Crippen molar-refractivity contribution in [1.29, 1.82) is 0 Å². The Bertz CT molecular complexity index is 2560. The number of aliphatic hydroxyl groups is 2. The van der Waals surface area contributed by atoms with Crippen LogP contribution in [0.4, 0.5) is 0 Å². The highest BCUT2D eigenvalue weighted by Crippen LogP contribution is 2.45. The molecule has 109 heavy (non-hydrogen) atoms. The molecule has 0 aliphatic heterocycles. The van der Waals surface area contributed by atoms with Crippen LogP contribution in [0.1, 0.15) is 355 Å². The first-order valence-corrected chi connectivity index (χ1v) is 46.1. The Morgan fingerprint density at radius 2 is 0.486 bits per heavy atom. The van der Waals surface area contributed by atoms with Crippen molar-refractivity contribution in [2.75, 3.05) is 39.6 Å². The van der Waals surface area contributed by atoms with Crippen molar-refractivity contribution in [2.45, 2.75) is 373 Å². The Kier molecular flexibility index (Phi) is 79.4. The van der Waals surface area contributed by atoms with E-state index in [1.54, 1.807) is 0 Å². The minimum absolute atomic E-state index is 0.0849. The first-order chi connectivity index (χ1) is 53.2. The fraction of sp³-hybridized carbons (Fsp3) is 0.703. The van der Waals surface area contributed by atoms with Crippen molar-refractivity contribution < 1.29 is 75.8 Å². The summed E-state index contributed by atoms with van der Waals surface area (Å²) in [7, 11) is -9.81. The molecule has 0 radical (unpaired) electrons. The fourth-order valence-electron chi connectivity index (χ4n) is 11.5. The molecule has 5 unspecified atom stereocenters. The maximum absolute atomic E-state index is 13.0. The van der Waals surface area contributed by atoms with Gasteiger partial charge in [0, 0.05) is 19.3 Å². The number of hydrogen-bond acceptors (Lipinski definition) is 14. The molecule has 0 amide bonds. The van der Waals surface area contributed by atoms with E-state index in [-0.39, 0.29) is 19.3 Å². The highest BCUT2D eigenvalue weighted by atomic mass is 31.2. The Morgan fingerprint density at radius 1 is 0.266 bits per heavy atom.